The van der Waals surface area contributed by atoms with E-state index < -0.39 is 17.4 Å². The van der Waals surface area contributed by atoms with Crippen LogP contribution in [-0.4, -0.2) is 46.4 Å². The zero-order valence-corrected chi connectivity index (χ0v) is 14.7. The second-order valence-corrected chi connectivity index (χ2v) is 6.70. The molecule has 1 aromatic carbocycles. The van der Waals surface area contributed by atoms with Gasteiger partial charge in [-0.2, -0.15) is 0 Å². The Morgan fingerprint density at radius 2 is 1.88 bits per heavy atom. The monoisotopic (exact) mass is 372 g/mol. The number of carbonyl (C=O) groups excluding carboxylic acids is 2. The molecule has 2 N–H and O–H groups in total. The highest BCUT2D eigenvalue weighted by Gasteiger charge is 2.43. The van der Waals surface area contributed by atoms with Crippen LogP contribution in [0.25, 0.3) is 0 Å². The molecule has 1 aromatic rings. The van der Waals surface area contributed by atoms with E-state index in [1.54, 1.807) is 17.0 Å². The Morgan fingerprint density at radius 1 is 1.25 bits per heavy atom. The van der Waals surface area contributed by atoms with Crippen molar-refractivity contribution in [2.45, 2.75) is 31.7 Å². The predicted octanol–water partition coefficient (Wildman–Crippen LogP) is 2.12. The molecule has 2 rings (SSSR count). The molecule has 1 aliphatic heterocycles. The summed E-state index contributed by atoms with van der Waals surface area (Å²) < 4.78 is 0. The summed E-state index contributed by atoms with van der Waals surface area (Å²) in [6, 6.07) is 4.79. The van der Waals surface area contributed by atoms with Crippen molar-refractivity contribution in [3.63, 3.8) is 0 Å². The molecule has 0 aliphatic carbocycles. The van der Waals surface area contributed by atoms with E-state index in [0.717, 1.165) is 0 Å². The Kier molecular flexibility index (Phi) is 5.72. The van der Waals surface area contributed by atoms with Gasteiger partial charge >= 0.3 is 5.97 Å². The molecular formula is C16H18Cl2N2O4. The number of nitrogens with one attached hydrogen (secondary N) is 1. The first-order valence-electron chi connectivity index (χ1n) is 7.47. The molecular weight excluding hydrogens is 355 g/mol. The minimum Gasteiger partial charge on any atom is -0.480 e. The number of piperidine rings is 1. The van der Waals surface area contributed by atoms with E-state index in [9.17, 15) is 19.5 Å². The third-order valence-electron chi connectivity index (χ3n) is 4.22. The highest BCUT2D eigenvalue weighted by atomic mass is 35.5. The van der Waals surface area contributed by atoms with Gasteiger partial charge in [-0.15, -0.1) is 0 Å². The van der Waals surface area contributed by atoms with Crippen LogP contribution in [0.15, 0.2) is 18.2 Å². The van der Waals surface area contributed by atoms with Gasteiger partial charge in [-0.25, -0.2) is 4.79 Å². The van der Waals surface area contributed by atoms with E-state index in [-0.39, 0.29) is 25.2 Å². The fraction of sp³-hybridized carbons (Fsp3) is 0.438. The SMILES string of the molecule is CC(=O)N1CCC(NC(=O)Cc2ccc(Cl)cc2Cl)(C(=O)O)CC1. The standard InChI is InChI=1S/C16H18Cl2N2O4/c1-10(21)20-6-4-16(5-7-20,15(23)24)19-14(22)8-11-2-3-12(17)9-13(11)18/h2-3,9H,4-8H2,1H3,(H,19,22)(H,23,24). The first kappa shape index (κ1) is 18.5. The van der Waals surface area contributed by atoms with Gasteiger partial charge in [0.2, 0.25) is 11.8 Å². The summed E-state index contributed by atoms with van der Waals surface area (Å²) in [5.41, 5.74) is -0.789. The van der Waals surface area contributed by atoms with E-state index >= 15 is 0 Å². The molecule has 1 aliphatic rings. The molecule has 0 spiro atoms. The largest absolute Gasteiger partial charge is 0.480 e. The van der Waals surface area contributed by atoms with Gasteiger partial charge in [0.05, 0.1) is 6.42 Å². The number of hydrogen-bond donors (Lipinski definition) is 2. The van der Waals surface area contributed by atoms with E-state index in [0.29, 0.717) is 28.7 Å². The molecule has 6 nitrogen and oxygen atoms in total. The topological polar surface area (TPSA) is 86.7 Å². The normalized spacial score (nSPS) is 16.5. The summed E-state index contributed by atoms with van der Waals surface area (Å²) >= 11 is 11.9. The lowest BCUT2D eigenvalue weighted by atomic mass is 9.87. The Hall–Kier alpha value is -1.79. The summed E-state index contributed by atoms with van der Waals surface area (Å²) in [6.45, 7) is 2.03. The van der Waals surface area contributed by atoms with Crippen LogP contribution in [0.5, 0.6) is 0 Å². The zero-order valence-electron chi connectivity index (χ0n) is 13.1. The Balaban J connectivity index is 2.07. The molecule has 24 heavy (non-hydrogen) atoms. The van der Waals surface area contributed by atoms with Gasteiger partial charge in [-0.3, -0.25) is 9.59 Å². The van der Waals surface area contributed by atoms with Crippen molar-refractivity contribution in [3.8, 4) is 0 Å². The molecule has 1 fully saturated rings. The number of carboxylic acids is 1. The zero-order chi connectivity index (χ0) is 17.9. The van der Waals surface area contributed by atoms with Crippen molar-refractivity contribution < 1.29 is 19.5 Å². The van der Waals surface area contributed by atoms with Gasteiger partial charge < -0.3 is 15.3 Å². The molecule has 2 amide bonds. The number of hydrogen-bond acceptors (Lipinski definition) is 3. The number of carboxylic acid groups (broad SMARTS) is 1. The molecule has 0 saturated carbocycles. The number of likely N-dealkylation sites (tertiary alicyclic amines) is 1. The number of halogens is 2. The van der Waals surface area contributed by atoms with Gasteiger partial charge in [0.1, 0.15) is 5.54 Å². The maximum Gasteiger partial charge on any atom is 0.329 e. The van der Waals surface area contributed by atoms with Crippen LogP contribution in [-0.2, 0) is 20.8 Å². The highest BCUT2D eigenvalue weighted by Crippen LogP contribution is 2.25. The number of carbonyl (C=O) groups is 3. The van der Waals surface area contributed by atoms with Gasteiger partial charge in [-0.1, -0.05) is 29.3 Å². The fourth-order valence-corrected chi connectivity index (χ4v) is 3.22. The third kappa shape index (κ3) is 4.19. The van der Waals surface area contributed by atoms with E-state index in [1.807, 2.05) is 0 Å². The van der Waals surface area contributed by atoms with Crippen molar-refractivity contribution in [3.05, 3.63) is 33.8 Å². The second-order valence-electron chi connectivity index (χ2n) is 5.85. The molecule has 8 heteroatoms. The summed E-state index contributed by atoms with van der Waals surface area (Å²) in [7, 11) is 0. The minimum absolute atomic E-state index is 0.0402. The molecule has 0 radical (unpaired) electrons. The van der Waals surface area contributed by atoms with Crippen LogP contribution >= 0.6 is 23.2 Å². The van der Waals surface area contributed by atoms with Gasteiger partial charge in [0, 0.05) is 30.1 Å². The van der Waals surface area contributed by atoms with Gasteiger partial charge in [0.25, 0.3) is 0 Å². The Bertz CT molecular complexity index is 670. The van der Waals surface area contributed by atoms with Crippen molar-refractivity contribution in [1.82, 2.24) is 10.2 Å². The summed E-state index contributed by atoms with van der Waals surface area (Å²) in [5, 5.41) is 13.0. The van der Waals surface area contributed by atoms with Crippen molar-refractivity contribution in [2.75, 3.05) is 13.1 Å². The lowest BCUT2D eigenvalue weighted by Gasteiger charge is -2.39. The predicted molar refractivity (Wildman–Crippen MR) is 90.2 cm³/mol. The first-order valence-corrected chi connectivity index (χ1v) is 8.23. The molecule has 0 unspecified atom stereocenters. The molecule has 1 heterocycles. The average molecular weight is 373 g/mol. The number of nitrogens with zero attached hydrogens (tertiary/aromatic N) is 1. The molecule has 0 atom stereocenters. The second kappa shape index (κ2) is 7.40. The average Bonchev–Trinajstić information content (AvgIpc) is 2.50. The first-order chi connectivity index (χ1) is 11.2. The summed E-state index contributed by atoms with van der Waals surface area (Å²) in [6.07, 6.45) is 0.297. The molecule has 130 valence electrons. The Morgan fingerprint density at radius 3 is 2.38 bits per heavy atom. The van der Waals surface area contributed by atoms with Crippen LogP contribution < -0.4 is 5.32 Å². The summed E-state index contributed by atoms with van der Waals surface area (Å²) in [4.78, 5) is 36.9. The van der Waals surface area contributed by atoms with Crippen molar-refractivity contribution in [1.29, 1.82) is 0 Å². The number of amides is 2. The quantitative estimate of drug-likeness (QED) is 0.847. The summed E-state index contributed by atoms with van der Waals surface area (Å²) in [5.74, 6) is -1.63. The van der Waals surface area contributed by atoms with E-state index in [4.69, 9.17) is 23.2 Å². The maximum absolute atomic E-state index is 12.3. The molecule has 1 saturated heterocycles. The van der Waals surface area contributed by atoms with Crippen molar-refractivity contribution in [2.24, 2.45) is 0 Å². The number of rotatable bonds is 4. The van der Waals surface area contributed by atoms with Gasteiger partial charge in [0.15, 0.2) is 0 Å². The smallest absolute Gasteiger partial charge is 0.329 e. The lowest BCUT2D eigenvalue weighted by Crippen LogP contribution is -2.60. The minimum atomic E-state index is -1.36. The van der Waals surface area contributed by atoms with Crippen LogP contribution in [0.4, 0.5) is 0 Å². The van der Waals surface area contributed by atoms with Crippen LogP contribution in [0.3, 0.4) is 0 Å². The molecule has 0 aromatic heterocycles. The molecule has 0 bridgehead atoms. The van der Waals surface area contributed by atoms with E-state index in [1.165, 1.54) is 13.0 Å². The maximum atomic E-state index is 12.3. The van der Waals surface area contributed by atoms with Crippen LogP contribution in [0, 0.1) is 0 Å². The highest BCUT2D eigenvalue weighted by molar-refractivity contribution is 6.35. The lowest BCUT2D eigenvalue weighted by molar-refractivity contribution is -0.151. The van der Waals surface area contributed by atoms with Gasteiger partial charge in [-0.05, 0) is 30.5 Å². The fourth-order valence-electron chi connectivity index (χ4n) is 2.74. The number of benzene rings is 1. The Labute approximate surface area is 149 Å². The van der Waals surface area contributed by atoms with Crippen LogP contribution in [0.1, 0.15) is 25.3 Å². The third-order valence-corrected chi connectivity index (χ3v) is 4.80. The van der Waals surface area contributed by atoms with Crippen molar-refractivity contribution >= 4 is 41.0 Å². The van der Waals surface area contributed by atoms with Crippen LogP contribution in [0.2, 0.25) is 10.0 Å². The van der Waals surface area contributed by atoms with E-state index in [2.05, 4.69) is 5.32 Å². The number of aliphatic carboxylic acids is 1.